The van der Waals surface area contributed by atoms with Crippen LogP contribution < -0.4 is 4.90 Å². The predicted octanol–water partition coefficient (Wildman–Crippen LogP) is 2.48. The van der Waals surface area contributed by atoms with Gasteiger partial charge in [-0.1, -0.05) is 19.1 Å². The Hall–Kier alpha value is -1.35. The molecule has 1 fully saturated rings. The van der Waals surface area contributed by atoms with Crippen LogP contribution in [0.25, 0.3) is 0 Å². The Morgan fingerprint density at radius 2 is 1.95 bits per heavy atom. The number of carbonyl (C=O) groups excluding carboxylic acids is 1. The average molecular weight is 260 g/mol. The molecule has 1 heterocycles. The molecule has 1 unspecified atom stereocenters. The molecule has 3 nitrogen and oxygen atoms in total. The van der Waals surface area contributed by atoms with Gasteiger partial charge < -0.3 is 4.90 Å². The molecule has 3 heteroatoms. The first-order chi connectivity index (χ1) is 9.11. The second kappa shape index (κ2) is 6.20. The zero-order chi connectivity index (χ0) is 13.8. The molecule has 0 bridgehead atoms. The van der Waals surface area contributed by atoms with Gasteiger partial charge >= 0.3 is 0 Å². The van der Waals surface area contributed by atoms with E-state index in [0.29, 0.717) is 12.2 Å². The van der Waals surface area contributed by atoms with Gasteiger partial charge in [0.05, 0.1) is 6.04 Å². The van der Waals surface area contributed by atoms with Crippen molar-refractivity contribution in [3.05, 3.63) is 29.8 Å². The van der Waals surface area contributed by atoms with E-state index in [-0.39, 0.29) is 6.04 Å². The van der Waals surface area contributed by atoms with Crippen LogP contribution in [0.15, 0.2) is 24.3 Å². The smallest absolute Gasteiger partial charge is 0.149 e. The first kappa shape index (κ1) is 14.1. The van der Waals surface area contributed by atoms with Crippen LogP contribution in [0.1, 0.15) is 25.8 Å². The third kappa shape index (κ3) is 3.35. The monoisotopic (exact) mass is 260 g/mol. The number of nitrogens with zero attached hydrogens (tertiary/aromatic N) is 2. The van der Waals surface area contributed by atoms with E-state index in [1.165, 1.54) is 11.3 Å². The molecule has 104 valence electrons. The van der Waals surface area contributed by atoms with E-state index in [1.54, 1.807) is 0 Å². The standard InChI is InChI=1S/C16H24N2O/c1-4-16(19)14(3)17-8-10-18(11-9-17)15-7-5-6-13(2)12-15/h5-7,12,14H,4,8-11H2,1-3H3. The third-order valence-electron chi connectivity index (χ3n) is 4.04. The third-order valence-corrected chi connectivity index (χ3v) is 4.04. The molecule has 1 aromatic carbocycles. The van der Waals surface area contributed by atoms with E-state index in [9.17, 15) is 4.79 Å². The number of Topliss-reactive ketones (excluding diaryl/α,β-unsaturated/α-hetero) is 1. The van der Waals surface area contributed by atoms with Crippen molar-refractivity contribution in [2.24, 2.45) is 0 Å². The lowest BCUT2D eigenvalue weighted by atomic mass is 10.1. The molecule has 1 aliphatic heterocycles. The van der Waals surface area contributed by atoms with Crippen LogP contribution in [0, 0.1) is 6.92 Å². The molecule has 0 N–H and O–H groups in total. The van der Waals surface area contributed by atoms with Crippen molar-refractivity contribution >= 4 is 11.5 Å². The quantitative estimate of drug-likeness (QED) is 0.831. The minimum absolute atomic E-state index is 0.0738. The summed E-state index contributed by atoms with van der Waals surface area (Å²) in [6, 6.07) is 8.71. The van der Waals surface area contributed by atoms with E-state index in [4.69, 9.17) is 0 Å². The molecule has 0 saturated carbocycles. The number of carbonyl (C=O) groups is 1. The van der Waals surface area contributed by atoms with E-state index >= 15 is 0 Å². The van der Waals surface area contributed by atoms with Crippen molar-refractivity contribution in [2.45, 2.75) is 33.2 Å². The highest BCUT2D eigenvalue weighted by Crippen LogP contribution is 2.18. The van der Waals surface area contributed by atoms with Crippen molar-refractivity contribution < 1.29 is 4.79 Å². The number of rotatable bonds is 4. The van der Waals surface area contributed by atoms with Crippen molar-refractivity contribution in [3.63, 3.8) is 0 Å². The molecule has 1 saturated heterocycles. The van der Waals surface area contributed by atoms with Gasteiger partial charge in [-0.15, -0.1) is 0 Å². The highest BCUT2D eigenvalue weighted by Gasteiger charge is 2.24. The van der Waals surface area contributed by atoms with Gasteiger partial charge in [-0.2, -0.15) is 0 Å². The highest BCUT2D eigenvalue weighted by molar-refractivity contribution is 5.83. The second-order valence-corrected chi connectivity index (χ2v) is 5.36. The van der Waals surface area contributed by atoms with Crippen molar-refractivity contribution in [1.82, 2.24) is 4.90 Å². The van der Waals surface area contributed by atoms with Crippen LogP contribution in [0.2, 0.25) is 0 Å². The predicted molar refractivity (Wildman–Crippen MR) is 79.7 cm³/mol. The number of ketones is 1. The number of hydrogen-bond donors (Lipinski definition) is 0. The van der Waals surface area contributed by atoms with Crippen LogP contribution in [0.5, 0.6) is 0 Å². The van der Waals surface area contributed by atoms with Gasteiger partial charge in [0.25, 0.3) is 0 Å². The summed E-state index contributed by atoms with van der Waals surface area (Å²) in [6.07, 6.45) is 0.638. The summed E-state index contributed by atoms with van der Waals surface area (Å²) >= 11 is 0. The van der Waals surface area contributed by atoms with E-state index in [2.05, 4.69) is 41.0 Å². The largest absolute Gasteiger partial charge is 0.369 e. The number of hydrogen-bond acceptors (Lipinski definition) is 3. The van der Waals surface area contributed by atoms with Gasteiger partial charge in [-0.25, -0.2) is 0 Å². The maximum absolute atomic E-state index is 11.8. The molecule has 19 heavy (non-hydrogen) atoms. The fourth-order valence-corrected chi connectivity index (χ4v) is 2.69. The zero-order valence-electron chi connectivity index (χ0n) is 12.2. The fraction of sp³-hybridized carbons (Fsp3) is 0.562. The van der Waals surface area contributed by atoms with Gasteiger partial charge in [-0.05, 0) is 31.5 Å². The molecule has 0 aliphatic carbocycles. The molecule has 1 aromatic rings. The van der Waals surface area contributed by atoms with Crippen LogP contribution in [-0.4, -0.2) is 42.9 Å². The topological polar surface area (TPSA) is 23.6 Å². The van der Waals surface area contributed by atoms with Gasteiger partial charge in [0.1, 0.15) is 5.78 Å². The summed E-state index contributed by atoms with van der Waals surface area (Å²) in [5.74, 6) is 0.351. The lowest BCUT2D eigenvalue weighted by Crippen LogP contribution is -2.51. The summed E-state index contributed by atoms with van der Waals surface area (Å²) in [5, 5.41) is 0. The van der Waals surface area contributed by atoms with Gasteiger partial charge in [0, 0.05) is 38.3 Å². The Morgan fingerprint density at radius 3 is 2.53 bits per heavy atom. The highest BCUT2D eigenvalue weighted by atomic mass is 16.1. The Kier molecular flexibility index (Phi) is 4.59. The Balaban J connectivity index is 1.94. The van der Waals surface area contributed by atoms with Crippen molar-refractivity contribution in [1.29, 1.82) is 0 Å². The lowest BCUT2D eigenvalue weighted by molar-refractivity contribution is -0.123. The summed E-state index contributed by atoms with van der Waals surface area (Å²) in [6.45, 7) is 10.1. The van der Waals surface area contributed by atoms with Crippen LogP contribution in [-0.2, 0) is 4.79 Å². The molecule has 0 radical (unpaired) electrons. The first-order valence-corrected chi connectivity index (χ1v) is 7.20. The summed E-state index contributed by atoms with van der Waals surface area (Å²) < 4.78 is 0. The first-order valence-electron chi connectivity index (χ1n) is 7.20. The van der Waals surface area contributed by atoms with E-state index in [1.807, 2.05) is 13.8 Å². The van der Waals surface area contributed by atoms with E-state index in [0.717, 1.165) is 26.2 Å². The maximum atomic E-state index is 11.8. The fourth-order valence-electron chi connectivity index (χ4n) is 2.69. The minimum Gasteiger partial charge on any atom is -0.369 e. The normalized spacial score (nSPS) is 18.4. The summed E-state index contributed by atoms with van der Waals surface area (Å²) in [5.41, 5.74) is 2.60. The Bertz CT molecular complexity index is 436. The zero-order valence-corrected chi connectivity index (χ0v) is 12.2. The molecular formula is C16H24N2O. The Labute approximate surface area is 116 Å². The molecule has 2 rings (SSSR count). The van der Waals surface area contributed by atoms with Gasteiger partial charge in [-0.3, -0.25) is 9.69 Å². The second-order valence-electron chi connectivity index (χ2n) is 5.36. The van der Waals surface area contributed by atoms with Gasteiger partial charge in [0.2, 0.25) is 0 Å². The number of piperazine rings is 1. The van der Waals surface area contributed by atoms with Crippen LogP contribution >= 0.6 is 0 Å². The maximum Gasteiger partial charge on any atom is 0.149 e. The lowest BCUT2D eigenvalue weighted by Gasteiger charge is -2.38. The average Bonchev–Trinajstić information content (AvgIpc) is 2.46. The molecule has 1 atom stereocenters. The van der Waals surface area contributed by atoms with Crippen LogP contribution in [0.4, 0.5) is 5.69 Å². The van der Waals surface area contributed by atoms with Crippen molar-refractivity contribution in [3.8, 4) is 0 Å². The Morgan fingerprint density at radius 1 is 1.26 bits per heavy atom. The molecule has 1 aliphatic rings. The SMILES string of the molecule is CCC(=O)C(C)N1CCN(c2cccc(C)c2)CC1. The van der Waals surface area contributed by atoms with Crippen LogP contribution in [0.3, 0.4) is 0 Å². The summed E-state index contributed by atoms with van der Waals surface area (Å²) in [4.78, 5) is 16.5. The molecule has 0 spiro atoms. The molecular weight excluding hydrogens is 236 g/mol. The summed E-state index contributed by atoms with van der Waals surface area (Å²) in [7, 11) is 0. The minimum atomic E-state index is 0.0738. The van der Waals surface area contributed by atoms with E-state index < -0.39 is 0 Å². The molecule has 0 aromatic heterocycles. The number of benzene rings is 1. The number of anilines is 1. The van der Waals surface area contributed by atoms with Crippen molar-refractivity contribution in [2.75, 3.05) is 31.1 Å². The number of aryl methyl sites for hydroxylation is 1. The molecule has 0 amide bonds. The van der Waals surface area contributed by atoms with Gasteiger partial charge in [0.15, 0.2) is 0 Å².